The third-order valence-electron chi connectivity index (χ3n) is 12.8. The highest BCUT2D eigenvalue weighted by molar-refractivity contribution is 6.24. The Kier molecular flexibility index (Phi) is 7.58. The summed E-state index contributed by atoms with van der Waals surface area (Å²) in [6.45, 7) is 2.29. The number of rotatable bonds is 4. The van der Waals surface area contributed by atoms with E-state index >= 15 is 0 Å². The number of benzene rings is 9. The second-order valence-corrected chi connectivity index (χ2v) is 16.6. The van der Waals surface area contributed by atoms with E-state index in [4.69, 9.17) is 18.8 Å². The van der Waals surface area contributed by atoms with Gasteiger partial charge in [-0.1, -0.05) is 128 Å². The van der Waals surface area contributed by atoms with Crippen LogP contribution in [0.15, 0.2) is 207 Å². The summed E-state index contributed by atoms with van der Waals surface area (Å²) in [4.78, 5) is 11.2. The summed E-state index contributed by atoms with van der Waals surface area (Å²) in [6, 6.07) is 64.5. The average molecular weight is 796 g/mol. The van der Waals surface area contributed by atoms with E-state index in [1.165, 1.54) is 32.3 Å². The Hall–Kier alpha value is -8.02. The lowest BCUT2D eigenvalue weighted by molar-refractivity contribution is 0.668. The fourth-order valence-corrected chi connectivity index (χ4v) is 9.76. The molecule has 0 N–H and O–H groups in total. The molecule has 9 aromatic carbocycles. The van der Waals surface area contributed by atoms with E-state index in [9.17, 15) is 0 Å². The largest absolute Gasteiger partial charge is 0.456 e. The molecule has 3 aromatic heterocycles. The van der Waals surface area contributed by atoms with Gasteiger partial charge in [-0.3, -0.25) is 0 Å². The Bertz CT molecular complexity index is 3930. The molecule has 1 atom stereocenters. The van der Waals surface area contributed by atoms with Gasteiger partial charge in [-0.05, 0) is 88.6 Å². The van der Waals surface area contributed by atoms with Crippen molar-refractivity contribution in [3.63, 3.8) is 0 Å². The zero-order valence-electron chi connectivity index (χ0n) is 33.8. The third kappa shape index (κ3) is 5.41. The van der Waals surface area contributed by atoms with Crippen LogP contribution in [0.5, 0.6) is 0 Å². The van der Waals surface area contributed by atoms with Crippen molar-refractivity contribution in [1.29, 1.82) is 0 Å². The molecule has 1 aliphatic rings. The van der Waals surface area contributed by atoms with Crippen LogP contribution >= 0.6 is 0 Å². The Balaban J connectivity index is 1.09. The van der Waals surface area contributed by atoms with Crippen LogP contribution in [0.1, 0.15) is 30.0 Å². The Labute approximate surface area is 356 Å². The molecule has 13 rings (SSSR count). The van der Waals surface area contributed by atoms with Gasteiger partial charge in [0, 0.05) is 61.0 Å². The fraction of sp³-hybridized carbons (Fsp3) is 0.0526. The molecule has 0 radical (unpaired) electrons. The maximum Gasteiger partial charge on any atom is 0.160 e. The average Bonchev–Trinajstić information content (AvgIpc) is 3.98. The van der Waals surface area contributed by atoms with E-state index in [1.54, 1.807) is 0 Å². The van der Waals surface area contributed by atoms with Crippen LogP contribution in [-0.4, -0.2) is 16.1 Å². The molecule has 0 spiro atoms. The fourth-order valence-electron chi connectivity index (χ4n) is 9.76. The molecule has 12 aromatic rings. The minimum absolute atomic E-state index is 0.0173. The number of furan rings is 2. The SMILES string of the molecule is C[C@@H]1C/C=C(\c2ccc3ccccc3c2)N=C(c2ccc3oc4ccccc4c3c2)N=C1c1cc(-n2c3ccccc3c3cc4ccccc4cc32)cc2oc3ccccc3c12. The maximum absolute atomic E-state index is 6.79. The number of amidine groups is 1. The summed E-state index contributed by atoms with van der Waals surface area (Å²) in [5.41, 5.74) is 11.5. The van der Waals surface area contributed by atoms with E-state index in [-0.39, 0.29) is 5.92 Å². The molecule has 0 fully saturated rings. The lowest BCUT2D eigenvalue weighted by Crippen LogP contribution is -2.18. The van der Waals surface area contributed by atoms with E-state index in [0.29, 0.717) is 5.84 Å². The summed E-state index contributed by atoms with van der Waals surface area (Å²) in [5.74, 6) is 0.663. The zero-order chi connectivity index (χ0) is 40.9. The molecule has 0 unspecified atom stereocenters. The van der Waals surface area contributed by atoms with Crippen molar-refractivity contribution in [2.24, 2.45) is 15.9 Å². The standard InChI is InChI=1S/C57H37N3O2/c1-34-22-26-48(39-24-23-35-12-2-3-13-36(35)28-39)58-57(40-25-27-53-46(30-40)43-17-7-10-20-51(43)61-53)59-56(34)47-32-41(33-54-55(47)44-18-8-11-21-52(44)62-54)60-49-19-9-6-16-42(49)45-29-37-14-4-5-15-38(37)31-50(45)60/h2-21,23-34H,22H2,1H3/b48-26+,58-57?,59-56?/t34-/m1/s1. The molecule has 0 saturated carbocycles. The van der Waals surface area contributed by atoms with Gasteiger partial charge in [-0.15, -0.1) is 0 Å². The molecule has 0 amide bonds. The van der Waals surface area contributed by atoms with Crippen LogP contribution < -0.4 is 0 Å². The number of aromatic nitrogens is 1. The van der Waals surface area contributed by atoms with E-state index in [1.807, 2.05) is 18.2 Å². The van der Waals surface area contributed by atoms with Crippen molar-refractivity contribution in [3.05, 3.63) is 205 Å². The lowest BCUT2D eigenvalue weighted by Gasteiger charge is -2.20. The number of allylic oxidation sites excluding steroid dienone is 1. The Morgan fingerprint density at radius 1 is 0.468 bits per heavy atom. The van der Waals surface area contributed by atoms with Crippen molar-refractivity contribution in [2.75, 3.05) is 0 Å². The number of fused-ring (bicyclic) bond motifs is 11. The van der Waals surface area contributed by atoms with Crippen LogP contribution in [0, 0.1) is 5.92 Å². The van der Waals surface area contributed by atoms with Crippen molar-refractivity contribution in [3.8, 4) is 5.69 Å². The topological polar surface area (TPSA) is 55.9 Å². The second kappa shape index (κ2) is 13.5. The van der Waals surface area contributed by atoms with E-state index in [0.717, 1.165) is 95.1 Å². The second-order valence-electron chi connectivity index (χ2n) is 16.6. The molecular weight excluding hydrogens is 759 g/mol. The molecule has 0 aliphatic carbocycles. The summed E-state index contributed by atoms with van der Waals surface area (Å²) in [6.07, 6.45) is 3.04. The summed E-state index contributed by atoms with van der Waals surface area (Å²) in [5, 5.41) is 11.4. The molecule has 0 bridgehead atoms. The van der Waals surface area contributed by atoms with Gasteiger partial charge in [0.25, 0.3) is 0 Å². The predicted molar refractivity (Wildman–Crippen MR) is 258 cm³/mol. The first kappa shape index (κ1) is 34.8. The van der Waals surface area contributed by atoms with Gasteiger partial charge in [0.05, 0.1) is 28.1 Å². The Morgan fingerprint density at radius 3 is 1.95 bits per heavy atom. The molecule has 62 heavy (non-hydrogen) atoms. The smallest absolute Gasteiger partial charge is 0.160 e. The van der Waals surface area contributed by atoms with E-state index < -0.39 is 0 Å². The summed E-state index contributed by atoms with van der Waals surface area (Å²) in [7, 11) is 0. The highest BCUT2D eigenvalue weighted by atomic mass is 16.3. The van der Waals surface area contributed by atoms with Crippen molar-refractivity contribution in [1.82, 2.24) is 4.57 Å². The first-order valence-electron chi connectivity index (χ1n) is 21.3. The Morgan fingerprint density at radius 2 is 1.11 bits per heavy atom. The van der Waals surface area contributed by atoms with Crippen molar-refractivity contribution >= 4 is 104 Å². The van der Waals surface area contributed by atoms with Gasteiger partial charge in [-0.2, -0.15) is 0 Å². The van der Waals surface area contributed by atoms with Gasteiger partial charge < -0.3 is 13.4 Å². The molecule has 1 aliphatic heterocycles. The monoisotopic (exact) mass is 795 g/mol. The first-order valence-corrected chi connectivity index (χ1v) is 21.3. The molecule has 292 valence electrons. The molecule has 5 nitrogen and oxygen atoms in total. The summed E-state index contributed by atoms with van der Waals surface area (Å²) < 4.78 is 15.5. The minimum atomic E-state index is 0.0173. The molecule has 0 saturated heterocycles. The number of hydrogen-bond donors (Lipinski definition) is 0. The predicted octanol–water partition coefficient (Wildman–Crippen LogP) is 15.2. The van der Waals surface area contributed by atoms with Crippen LogP contribution in [0.2, 0.25) is 0 Å². The van der Waals surface area contributed by atoms with Gasteiger partial charge in [0.15, 0.2) is 5.84 Å². The van der Waals surface area contributed by atoms with Crippen molar-refractivity contribution in [2.45, 2.75) is 13.3 Å². The van der Waals surface area contributed by atoms with E-state index in [2.05, 4.69) is 181 Å². The number of aliphatic imine (C=N–C) groups is 2. The maximum atomic E-state index is 6.79. The lowest BCUT2D eigenvalue weighted by atomic mass is 9.90. The number of hydrogen-bond acceptors (Lipinski definition) is 4. The minimum Gasteiger partial charge on any atom is -0.456 e. The van der Waals surface area contributed by atoms with Crippen LogP contribution in [0.3, 0.4) is 0 Å². The molecule has 5 heteroatoms. The van der Waals surface area contributed by atoms with Gasteiger partial charge in [0.2, 0.25) is 0 Å². The van der Waals surface area contributed by atoms with Crippen LogP contribution in [0.25, 0.3) is 98.6 Å². The van der Waals surface area contributed by atoms with Gasteiger partial charge in [-0.25, -0.2) is 9.98 Å². The normalized spacial score (nSPS) is 15.8. The van der Waals surface area contributed by atoms with Gasteiger partial charge >= 0.3 is 0 Å². The number of para-hydroxylation sites is 3. The first-order chi connectivity index (χ1) is 30.6. The van der Waals surface area contributed by atoms with Crippen LogP contribution in [-0.2, 0) is 0 Å². The molecule has 4 heterocycles. The third-order valence-corrected chi connectivity index (χ3v) is 12.8. The highest BCUT2D eigenvalue weighted by Gasteiger charge is 2.25. The molecular formula is C57H37N3O2. The quantitative estimate of drug-likeness (QED) is 0.178. The summed E-state index contributed by atoms with van der Waals surface area (Å²) >= 11 is 0. The van der Waals surface area contributed by atoms with Crippen molar-refractivity contribution < 1.29 is 8.83 Å². The number of nitrogens with zero attached hydrogens (tertiary/aromatic N) is 3. The van der Waals surface area contributed by atoms with Gasteiger partial charge in [0.1, 0.15) is 22.3 Å². The van der Waals surface area contributed by atoms with Crippen LogP contribution in [0.4, 0.5) is 0 Å². The highest BCUT2D eigenvalue weighted by Crippen LogP contribution is 2.40. The zero-order valence-corrected chi connectivity index (χ0v) is 33.8.